The molecule has 1 N–H and O–H groups in total. The third kappa shape index (κ3) is 4.99. The number of para-hydroxylation sites is 1. The fraction of sp³-hybridized carbons (Fsp3) is 0.231. The van der Waals surface area contributed by atoms with Crippen molar-refractivity contribution in [2.24, 2.45) is 0 Å². The number of benzene rings is 3. The summed E-state index contributed by atoms with van der Waals surface area (Å²) in [4.78, 5) is 19.5. The van der Waals surface area contributed by atoms with Crippen LogP contribution in [0.1, 0.15) is 21.5 Å². The average Bonchev–Trinajstić information content (AvgIpc) is 3.38. The summed E-state index contributed by atoms with van der Waals surface area (Å²) >= 11 is 0. The zero-order chi connectivity index (χ0) is 27.2. The molecule has 0 unspecified atom stereocenters. The number of sulfone groups is 1. The van der Waals surface area contributed by atoms with Crippen molar-refractivity contribution in [1.29, 1.82) is 0 Å². The molecule has 0 bridgehead atoms. The van der Waals surface area contributed by atoms with E-state index >= 15 is 0 Å². The Morgan fingerprint density at radius 1 is 1.08 bits per heavy atom. The lowest BCUT2D eigenvalue weighted by Crippen LogP contribution is -2.26. The van der Waals surface area contributed by atoms with Crippen LogP contribution < -0.4 is 19.7 Å². The number of nitrogens with one attached hydrogen (secondary N) is 1. The van der Waals surface area contributed by atoms with Gasteiger partial charge in [-0.15, -0.1) is 8.78 Å². The predicted octanol–water partition coefficient (Wildman–Crippen LogP) is 3.81. The van der Waals surface area contributed by atoms with Gasteiger partial charge >= 0.3 is 6.29 Å². The number of aromatic nitrogens is 2. The number of ether oxygens (including phenoxy) is 2. The van der Waals surface area contributed by atoms with Gasteiger partial charge in [0.15, 0.2) is 21.3 Å². The van der Waals surface area contributed by atoms with E-state index in [2.05, 4.69) is 15.0 Å². The van der Waals surface area contributed by atoms with E-state index in [-0.39, 0.29) is 35.4 Å². The Morgan fingerprint density at radius 2 is 1.82 bits per heavy atom. The van der Waals surface area contributed by atoms with Gasteiger partial charge < -0.3 is 24.3 Å². The Kier molecular flexibility index (Phi) is 6.22. The molecule has 0 spiro atoms. The van der Waals surface area contributed by atoms with Crippen LogP contribution in [0.5, 0.6) is 11.5 Å². The van der Waals surface area contributed by atoms with Gasteiger partial charge in [0.2, 0.25) is 5.95 Å². The number of amides is 1. The Morgan fingerprint density at radius 3 is 2.50 bits per heavy atom. The van der Waals surface area contributed by atoms with Gasteiger partial charge in [-0.05, 0) is 42.0 Å². The minimum absolute atomic E-state index is 0.0235. The Labute approximate surface area is 217 Å². The molecule has 4 aromatic rings. The maximum atomic E-state index is 13.7. The lowest BCUT2D eigenvalue weighted by molar-refractivity contribution is -0.286. The molecule has 1 amide bonds. The van der Waals surface area contributed by atoms with Crippen LogP contribution >= 0.6 is 0 Å². The monoisotopic (exact) mass is 542 g/mol. The molecule has 0 atom stereocenters. The first-order valence-electron chi connectivity index (χ1n) is 11.5. The largest absolute Gasteiger partial charge is 0.586 e. The van der Waals surface area contributed by atoms with Crippen molar-refractivity contribution >= 4 is 32.7 Å². The van der Waals surface area contributed by atoms with Crippen molar-refractivity contribution in [3.8, 4) is 11.5 Å². The van der Waals surface area contributed by atoms with Crippen molar-refractivity contribution < 1.29 is 31.5 Å². The van der Waals surface area contributed by atoms with Crippen LogP contribution in [-0.2, 0) is 22.9 Å². The number of alkyl halides is 2. The third-order valence-corrected chi connectivity index (χ3v) is 7.16. The summed E-state index contributed by atoms with van der Waals surface area (Å²) in [7, 11) is 0.321. The second-order valence-electron chi connectivity index (χ2n) is 9.11. The van der Waals surface area contributed by atoms with Crippen molar-refractivity contribution in [3.05, 3.63) is 77.4 Å². The molecule has 0 radical (unpaired) electrons. The van der Waals surface area contributed by atoms with Gasteiger partial charge in [-0.3, -0.25) is 4.79 Å². The number of halogens is 2. The molecule has 198 valence electrons. The lowest BCUT2D eigenvalue weighted by atomic mass is 10.1. The first kappa shape index (κ1) is 25.5. The number of rotatable bonds is 7. The molecule has 0 fully saturated rings. The van der Waals surface area contributed by atoms with Gasteiger partial charge in [0.1, 0.15) is 0 Å². The molecule has 2 heterocycles. The summed E-state index contributed by atoms with van der Waals surface area (Å²) < 4.78 is 61.8. The molecule has 9 nitrogen and oxygen atoms in total. The highest BCUT2D eigenvalue weighted by atomic mass is 32.2. The van der Waals surface area contributed by atoms with E-state index in [1.165, 1.54) is 18.2 Å². The Balaban J connectivity index is 1.39. The summed E-state index contributed by atoms with van der Waals surface area (Å²) in [5.74, 6) is 0.179. The lowest BCUT2D eigenvalue weighted by Gasteiger charge is -2.16. The topological polar surface area (TPSA) is 103 Å². The summed E-state index contributed by atoms with van der Waals surface area (Å²) in [5, 5.41) is 2.82. The van der Waals surface area contributed by atoms with Crippen LogP contribution in [0.15, 0.2) is 65.6 Å². The van der Waals surface area contributed by atoms with Gasteiger partial charge in [0, 0.05) is 38.0 Å². The summed E-state index contributed by atoms with van der Waals surface area (Å²) in [6.07, 6.45) is -2.59. The van der Waals surface area contributed by atoms with Crippen LogP contribution in [0.3, 0.4) is 0 Å². The molecule has 5 rings (SSSR count). The molecule has 0 aliphatic carbocycles. The van der Waals surface area contributed by atoms with Crippen molar-refractivity contribution in [1.82, 2.24) is 14.9 Å². The maximum absolute atomic E-state index is 13.7. The number of fused-ring (bicyclic) bond motifs is 2. The summed E-state index contributed by atoms with van der Waals surface area (Å²) in [6, 6.07) is 16.1. The molecular weight excluding hydrogens is 518 g/mol. The molecule has 1 aliphatic heterocycles. The molecular formula is C26H24F2N4O5S. The minimum Gasteiger partial charge on any atom is -0.395 e. The number of anilines is 1. The molecule has 1 aliphatic rings. The smallest absolute Gasteiger partial charge is 0.395 e. The molecule has 0 saturated carbocycles. The number of hydrogen-bond donors (Lipinski definition) is 1. The van der Waals surface area contributed by atoms with E-state index in [4.69, 9.17) is 4.74 Å². The van der Waals surface area contributed by atoms with Crippen LogP contribution in [0.25, 0.3) is 11.0 Å². The van der Waals surface area contributed by atoms with Crippen LogP contribution in [-0.4, -0.2) is 50.5 Å². The molecule has 3 aromatic carbocycles. The molecule has 0 saturated heterocycles. The standard InChI is InChI=1S/C26H24F2N4O5S/c1-31(2)25-30-20-13-17(24(33)29-14-16-7-10-19(11-8-16)38(3,34)35)9-12-21(20)32(25)15-18-5-4-6-22-23(18)37-26(27,28)36-22/h4-13H,14-15H2,1-3H3,(H,29,33). The van der Waals surface area contributed by atoms with Crippen molar-refractivity contribution in [2.75, 3.05) is 25.3 Å². The van der Waals surface area contributed by atoms with E-state index < -0.39 is 16.1 Å². The van der Waals surface area contributed by atoms with Gasteiger partial charge in [-0.1, -0.05) is 24.3 Å². The highest BCUT2D eigenvalue weighted by Gasteiger charge is 2.44. The van der Waals surface area contributed by atoms with Gasteiger partial charge in [-0.25, -0.2) is 13.4 Å². The normalized spacial score (nSPS) is 14.0. The van der Waals surface area contributed by atoms with Gasteiger partial charge in [0.25, 0.3) is 5.91 Å². The van der Waals surface area contributed by atoms with Gasteiger partial charge in [0.05, 0.1) is 22.5 Å². The van der Waals surface area contributed by atoms with E-state index in [0.29, 0.717) is 28.1 Å². The van der Waals surface area contributed by atoms with Crippen molar-refractivity contribution in [3.63, 3.8) is 0 Å². The second-order valence-corrected chi connectivity index (χ2v) is 11.1. The Hall–Kier alpha value is -4.19. The number of carbonyl (C=O) groups excluding carboxylic acids is 1. The van der Waals surface area contributed by atoms with Crippen LogP contribution in [0, 0.1) is 0 Å². The number of imidazole rings is 1. The minimum atomic E-state index is -3.72. The van der Waals surface area contributed by atoms with E-state index in [1.54, 1.807) is 47.4 Å². The van der Waals surface area contributed by atoms with Crippen LogP contribution in [0.2, 0.25) is 0 Å². The van der Waals surface area contributed by atoms with E-state index in [9.17, 15) is 22.0 Å². The fourth-order valence-corrected chi connectivity index (χ4v) is 4.84. The second kappa shape index (κ2) is 9.28. The summed E-state index contributed by atoms with van der Waals surface area (Å²) in [6.45, 7) is 0.395. The average molecular weight is 543 g/mol. The van der Waals surface area contributed by atoms with Crippen molar-refractivity contribution in [2.45, 2.75) is 24.3 Å². The molecule has 12 heteroatoms. The van der Waals surface area contributed by atoms with E-state index in [1.807, 2.05) is 18.7 Å². The van der Waals surface area contributed by atoms with Crippen LogP contribution in [0.4, 0.5) is 14.7 Å². The number of hydrogen-bond acceptors (Lipinski definition) is 7. The first-order chi connectivity index (χ1) is 17.9. The summed E-state index contributed by atoms with van der Waals surface area (Å²) in [5.41, 5.74) is 2.87. The number of carbonyl (C=O) groups is 1. The Bertz CT molecular complexity index is 1650. The highest BCUT2D eigenvalue weighted by Crippen LogP contribution is 2.43. The molecule has 38 heavy (non-hydrogen) atoms. The quantitative estimate of drug-likeness (QED) is 0.379. The maximum Gasteiger partial charge on any atom is 0.586 e. The van der Waals surface area contributed by atoms with E-state index in [0.717, 1.165) is 11.8 Å². The predicted molar refractivity (Wildman–Crippen MR) is 137 cm³/mol. The zero-order valence-corrected chi connectivity index (χ0v) is 21.6. The first-order valence-corrected chi connectivity index (χ1v) is 13.4. The fourth-order valence-electron chi connectivity index (χ4n) is 4.21. The SMILES string of the molecule is CN(C)c1nc2cc(C(=O)NCc3ccc(S(C)(=O)=O)cc3)ccc2n1Cc1cccc2c1OC(F)(F)O2. The number of nitrogens with zero attached hydrogens (tertiary/aromatic N) is 3. The highest BCUT2D eigenvalue weighted by molar-refractivity contribution is 7.90. The van der Waals surface area contributed by atoms with Gasteiger partial charge in [-0.2, -0.15) is 0 Å². The zero-order valence-electron chi connectivity index (χ0n) is 20.7. The molecule has 1 aromatic heterocycles. The third-order valence-electron chi connectivity index (χ3n) is 6.03.